The minimum absolute atomic E-state index is 0.681. The van der Waals surface area contributed by atoms with E-state index in [9.17, 15) is 0 Å². The van der Waals surface area contributed by atoms with Gasteiger partial charge in [0.15, 0.2) is 0 Å². The molecule has 4 aliphatic carbocycles. The second kappa shape index (κ2) is 8.13. The van der Waals surface area contributed by atoms with Gasteiger partial charge in [0, 0.05) is 0 Å². The zero-order valence-corrected chi connectivity index (χ0v) is 17.0. The van der Waals surface area contributed by atoms with Crippen molar-refractivity contribution in [1.29, 1.82) is 0 Å². The molecule has 4 rings (SSSR count). The van der Waals surface area contributed by atoms with Crippen molar-refractivity contribution < 1.29 is 0 Å². The molecule has 0 aromatic heterocycles. The van der Waals surface area contributed by atoms with Gasteiger partial charge in [-0.3, -0.25) is 0 Å². The van der Waals surface area contributed by atoms with E-state index in [4.69, 9.17) is 0 Å². The van der Waals surface area contributed by atoms with Crippen molar-refractivity contribution >= 4 is 0 Å². The van der Waals surface area contributed by atoms with E-state index in [1.165, 1.54) is 70.6 Å². The Morgan fingerprint density at radius 2 is 1.17 bits per heavy atom. The number of hydrogen-bond acceptors (Lipinski definition) is 0. The lowest BCUT2D eigenvalue weighted by molar-refractivity contribution is -0.163. The Balaban J connectivity index is 1.32. The quantitative estimate of drug-likeness (QED) is 0.335. The predicted molar refractivity (Wildman–Crippen MR) is 106 cm³/mol. The summed E-state index contributed by atoms with van der Waals surface area (Å²) in [4.78, 5) is 0. The van der Waals surface area contributed by atoms with Gasteiger partial charge in [-0.25, -0.2) is 0 Å². The van der Waals surface area contributed by atoms with Crippen molar-refractivity contribution in [2.45, 2.75) is 124 Å². The predicted octanol–water partition coefficient (Wildman–Crippen LogP) is 8.15. The molecule has 0 N–H and O–H groups in total. The third-order valence-corrected chi connectivity index (χ3v) is 8.71. The van der Waals surface area contributed by atoms with Gasteiger partial charge >= 0.3 is 0 Å². The van der Waals surface area contributed by atoms with Crippen LogP contribution < -0.4 is 0 Å². The van der Waals surface area contributed by atoms with Crippen molar-refractivity contribution in [3.8, 4) is 0 Å². The van der Waals surface area contributed by atoms with Gasteiger partial charge < -0.3 is 0 Å². The van der Waals surface area contributed by atoms with Crippen LogP contribution in [0.5, 0.6) is 0 Å². The first-order valence-electron chi connectivity index (χ1n) is 11.6. The van der Waals surface area contributed by atoms with Gasteiger partial charge in [-0.2, -0.15) is 0 Å². The Kier molecular flexibility index (Phi) is 6.36. The minimum Gasteiger partial charge on any atom is -0.0654 e. The van der Waals surface area contributed by atoms with Crippen LogP contribution >= 0.6 is 0 Å². The van der Waals surface area contributed by atoms with Crippen LogP contribution in [0, 0.1) is 28.6 Å². The molecule has 3 unspecified atom stereocenters. The van der Waals surface area contributed by atoms with E-state index in [1.807, 2.05) is 0 Å². The second-order valence-electron chi connectivity index (χ2n) is 10.5. The molecule has 4 aliphatic rings. The molecule has 0 heteroatoms. The summed E-state index contributed by atoms with van der Waals surface area (Å²) in [6, 6.07) is 0. The van der Waals surface area contributed by atoms with Gasteiger partial charge in [0.25, 0.3) is 0 Å². The fourth-order valence-electron chi connectivity index (χ4n) is 7.22. The zero-order valence-electron chi connectivity index (χ0n) is 17.0. The van der Waals surface area contributed by atoms with Crippen LogP contribution in [0.15, 0.2) is 0 Å². The maximum atomic E-state index is 2.70. The van der Waals surface area contributed by atoms with E-state index in [0.29, 0.717) is 10.8 Å². The number of unbranched alkanes of at least 4 members (excludes halogenated alkanes) is 9. The van der Waals surface area contributed by atoms with Crippen molar-refractivity contribution in [1.82, 2.24) is 0 Å². The van der Waals surface area contributed by atoms with E-state index >= 15 is 0 Å². The van der Waals surface area contributed by atoms with Gasteiger partial charge in [-0.15, -0.1) is 0 Å². The summed E-state index contributed by atoms with van der Waals surface area (Å²) < 4.78 is 0. The van der Waals surface area contributed by atoms with Crippen molar-refractivity contribution in [3.63, 3.8) is 0 Å². The Morgan fingerprint density at radius 3 is 1.67 bits per heavy atom. The lowest BCUT2D eigenvalue weighted by Gasteiger charge is -2.66. The summed E-state index contributed by atoms with van der Waals surface area (Å²) in [6.45, 7) is 7.68. The molecule has 0 amide bonds. The van der Waals surface area contributed by atoms with Crippen LogP contribution in [0.2, 0.25) is 0 Å². The van der Waals surface area contributed by atoms with Gasteiger partial charge in [0.1, 0.15) is 0 Å². The van der Waals surface area contributed by atoms with Crippen LogP contribution in [0.1, 0.15) is 124 Å². The average Bonchev–Trinajstić information content (AvgIpc) is 2.54. The Labute approximate surface area is 152 Å². The summed E-state index contributed by atoms with van der Waals surface area (Å²) in [5.41, 5.74) is 1.38. The van der Waals surface area contributed by atoms with Crippen LogP contribution in [0.3, 0.4) is 0 Å². The average molecular weight is 333 g/mol. The maximum absolute atomic E-state index is 2.70. The first kappa shape index (κ1) is 18.8. The highest BCUT2D eigenvalue weighted by atomic mass is 14.6. The summed E-state index contributed by atoms with van der Waals surface area (Å²) in [7, 11) is 0. The van der Waals surface area contributed by atoms with E-state index in [0.717, 1.165) is 17.8 Å². The fraction of sp³-hybridized carbons (Fsp3) is 1.00. The highest BCUT2D eigenvalue weighted by Gasteiger charge is 2.60. The molecule has 3 atom stereocenters. The lowest BCUT2D eigenvalue weighted by atomic mass is 9.39. The zero-order chi connectivity index (χ0) is 17.0. The van der Waals surface area contributed by atoms with E-state index in [1.54, 1.807) is 32.1 Å². The van der Waals surface area contributed by atoms with E-state index in [2.05, 4.69) is 20.8 Å². The molecule has 0 saturated heterocycles. The van der Waals surface area contributed by atoms with Gasteiger partial charge in [0.05, 0.1) is 0 Å². The molecule has 0 aliphatic heterocycles. The standard InChI is InChI=1S/C24H44/c1-4-5-6-7-8-9-10-11-12-13-14-24(3)22-16-20-15-21(17-22)19-23(24,2)18-20/h20-22H,4-19H2,1-3H3. The molecule has 4 saturated carbocycles. The third kappa shape index (κ3) is 3.88. The summed E-state index contributed by atoms with van der Waals surface area (Å²) >= 11 is 0. The Hall–Kier alpha value is 0. The van der Waals surface area contributed by atoms with Crippen LogP contribution in [-0.2, 0) is 0 Å². The molecule has 0 aromatic carbocycles. The monoisotopic (exact) mass is 332 g/mol. The molecule has 4 fully saturated rings. The van der Waals surface area contributed by atoms with E-state index in [-0.39, 0.29) is 0 Å². The minimum atomic E-state index is 0.681. The Bertz CT molecular complexity index is 369. The highest BCUT2D eigenvalue weighted by Crippen LogP contribution is 2.69. The lowest BCUT2D eigenvalue weighted by Crippen LogP contribution is -2.57. The fourth-order valence-corrected chi connectivity index (χ4v) is 7.22. The molecule has 140 valence electrons. The summed E-state index contributed by atoms with van der Waals surface area (Å²) in [6.07, 6.45) is 24.2. The first-order valence-corrected chi connectivity index (χ1v) is 11.6. The SMILES string of the molecule is CCCCCCCCCCCCC1(C)C2CC3CC(C2)CC1(C)C3. The molecule has 0 nitrogen and oxygen atoms in total. The normalized spacial score (nSPS) is 40.4. The number of hydrogen-bond donors (Lipinski definition) is 0. The highest BCUT2D eigenvalue weighted by molar-refractivity contribution is 5.09. The smallest absolute Gasteiger partial charge is 0.0243 e. The van der Waals surface area contributed by atoms with Crippen molar-refractivity contribution in [3.05, 3.63) is 0 Å². The molecule has 0 spiro atoms. The Morgan fingerprint density at radius 1 is 0.667 bits per heavy atom. The molecule has 4 bridgehead atoms. The molecule has 0 radical (unpaired) electrons. The molecular weight excluding hydrogens is 288 g/mol. The maximum Gasteiger partial charge on any atom is -0.0243 e. The molecule has 24 heavy (non-hydrogen) atoms. The topological polar surface area (TPSA) is 0 Å². The summed E-state index contributed by atoms with van der Waals surface area (Å²) in [5, 5.41) is 0. The second-order valence-corrected chi connectivity index (χ2v) is 10.5. The first-order chi connectivity index (χ1) is 11.6. The van der Waals surface area contributed by atoms with Gasteiger partial charge in [0.2, 0.25) is 0 Å². The summed E-state index contributed by atoms with van der Waals surface area (Å²) in [5.74, 6) is 3.29. The van der Waals surface area contributed by atoms with E-state index < -0.39 is 0 Å². The van der Waals surface area contributed by atoms with Crippen LogP contribution in [0.4, 0.5) is 0 Å². The molecule has 0 aromatic rings. The van der Waals surface area contributed by atoms with Crippen molar-refractivity contribution in [2.75, 3.05) is 0 Å². The van der Waals surface area contributed by atoms with Gasteiger partial charge in [-0.1, -0.05) is 85.0 Å². The number of rotatable bonds is 11. The molecule has 0 heterocycles. The third-order valence-electron chi connectivity index (χ3n) is 8.71. The molecular formula is C24H44. The van der Waals surface area contributed by atoms with Gasteiger partial charge in [-0.05, 0) is 67.1 Å². The van der Waals surface area contributed by atoms with Crippen molar-refractivity contribution in [2.24, 2.45) is 28.6 Å². The van der Waals surface area contributed by atoms with Crippen LogP contribution in [-0.4, -0.2) is 0 Å². The van der Waals surface area contributed by atoms with Crippen LogP contribution in [0.25, 0.3) is 0 Å². The largest absolute Gasteiger partial charge is 0.0654 e.